The number of ether oxygens (including phenoxy) is 1. The maximum Gasteiger partial charge on any atom is 0.443 e. The first-order valence-electron chi connectivity index (χ1n) is 7.87. The lowest BCUT2D eigenvalue weighted by atomic mass is 10.2. The fourth-order valence-corrected chi connectivity index (χ4v) is 2.04. The van der Waals surface area contributed by atoms with E-state index in [-0.39, 0.29) is 0 Å². The third-order valence-corrected chi connectivity index (χ3v) is 3.08. The summed E-state index contributed by atoms with van der Waals surface area (Å²) in [7, 11) is 1.33. The highest BCUT2D eigenvalue weighted by Gasteiger charge is 2.26. The van der Waals surface area contributed by atoms with Gasteiger partial charge in [0.2, 0.25) is 0 Å². The molecule has 6 nitrogen and oxygen atoms in total. The summed E-state index contributed by atoms with van der Waals surface area (Å²) in [6.45, 7) is 5.21. The number of carbonyl (C=O) groups excluding carboxylic acids is 2. The van der Waals surface area contributed by atoms with Crippen molar-refractivity contribution in [2.75, 3.05) is 11.9 Å². The molecule has 2 aromatic rings. The van der Waals surface area contributed by atoms with Gasteiger partial charge < -0.3 is 9.57 Å². The molecule has 0 atom stereocenters. The van der Waals surface area contributed by atoms with E-state index in [2.05, 4.69) is 0 Å². The van der Waals surface area contributed by atoms with E-state index in [1.165, 1.54) is 11.9 Å². The Morgan fingerprint density at radius 1 is 0.800 bits per heavy atom. The lowest BCUT2D eigenvalue weighted by Crippen LogP contribution is -2.39. The normalized spacial score (nSPS) is 10.7. The van der Waals surface area contributed by atoms with E-state index in [1.807, 2.05) is 36.4 Å². The highest BCUT2D eigenvalue weighted by atomic mass is 16.8. The van der Waals surface area contributed by atoms with Gasteiger partial charge in [-0.2, -0.15) is 0 Å². The van der Waals surface area contributed by atoms with E-state index in [1.54, 1.807) is 45.0 Å². The smallest absolute Gasteiger partial charge is 0.442 e. The molecule has 132 valence electrons. The molecule has 0 bridgehead atoms. The first kappa shape index (κ1) is 18.3. The fraction of sp³-hybridized carbons (Fsp3) is 0.263. The Morgan fingerprint density at radius 2 is 1.24 bits per heavy atom. The van der Waals surface area contributed by atoms with Crippen LogP contribution in [0.15, 0.2) is 60.7 Å². The van der Waals surface area contributed by atoms with Gasteiger partial charge in [-0.3, -0.25) is 0 Å². The molecule has 2 rings (SSSR count). The molecule has 2 amide bonds. The summed E-state index contributed by atoms with van der Waals surface area (Å²) in [4.78, 5) is 31.2. The van der Waals surface area contributed by atoms with Crippen LogP contribution in [-0.2, 0) is 9.57 Å². The zero-order chi connectivity index (χ0) is 18.4. The number of hydrogen-bond donors (Lipinski definition) is 0. The van der Waals surface area contributed by atoms with Crippen LogP contribution >= 0.6 is 0 Å². The summed E-state index contributed by atoms with van der Waals surface area (Å²) in [6, 6.07) is 18.1. The third-order valence-electron chi connectivity index (χ3n) is 3.08. The summed E-state index contributed by atoms with van der Waals surface area (Å²) >= 11 is 0. The summed E-state index contributed by atoms with van der Waals surface area (Å²) in [5.74, 6) is 0. The van der Waals surface area contributed by atoms with Crippen molar-refractivity contribution in [2.45, 2.75) is 26.4 Å². The maximum atomic E-state index is 12.7. The van der Waals surface area contributed by atoms with Gasteiger partial charge in [-0.05, 0) is 45.0 Å². The number of anilines is 2. The van der Waals surface area contributed by atoms with Gasteiger partial charge >= 0.3 is 12.2 Å². The van der Waals surface area contributed by atoms with Crippen LogP contribution in [0.3, 0.4) is 0 Å². The fourth-order valence-electron chi connectivity index (χ4n) is 2.04. The monoisotopic (exact) mass is 342 g/mol. The first-order valence-corrected chi connectivity index (χ1v) is 7.87. The number of nitrogens with zero attached hydrogens (tertiary/aromatic N) is 2. The zero-order valence-corrected chi connectivity index (χ0v) is 14.8. The predicted molar refractivity (Wildman–Crippen MR) is 95.5 cm³/mol. The van der Waals surface area contributed by atoms with E-state index < -0.39 is 17.8 Å². The van der Waals surface area contributed by atoms with Gasteiger partial charge in [-0.1, -0.05) is 36.4 Å². The van der Waals surface area contributed by atoms with Gasteiger partial charge in [0.15, 0.2) is 0 Å². The first-order chi connectivity index (χ1) is 11.8. The van der Waals surface area contributed by atoms with Crippen molar-refractivity contribution in [2.24, 2.45) is 0 Å². The molecular weight excluding hydrogens is 320 g/mol. The topological polar surface area (TPSA) is 59.1 Å². The van der Waals surface area contributed by atoms with Crippen molar-refractivity contribution in [3.63, 3.8) is 0 Å². The van der Waals surface area contributed by atoms with Crippen molar-refractivity contribution in [1.29, 1.82) is 0 Å². The molecule has 0 saturated heterocycles. The van der Waals surface area contributed by atoms with Crippen molar-refractivity contribution in [3.05, 3.63) is 60.7 Å². The van der Waals surface area contributed by atoms with Gasteiger partial charge in [0.25, 0.3) is 0 Å². The van der Waals surface area contributed by atoms with E-state index in [4.69, 9.17) is 9.57 Å². The van der Waals surface area contributed by atoms with Gasteiger partial charge in [0.1, 0.15) is 5.60 Å². The zero-order valence-electron chi connectivity index (χ0n) is 14.8. The molecule has 0 spiro atoms. The van der Waals surface area contributed by atoms with E-state index in [0.29, 0.717) is 11.4 Å². The van der Waals surface area contributed by atoms with Crippen LogP contribution in [0, 0.1) is 0 Å². The lowest BCUT2D eigenvalue weighted by Gasteiger charge is -2.27. The Kier molecular flexibility index (Phi) is 5.64. The number of rotatable bonds is 2. The quantitative estimate of drug-likeness (QED) is 0.740. The summed E-state index contributed by atoms with van der Waals surface area (Å²) in [5.41, 5.74) is 0.559. The maximum absolute atomic E-state index is 12.7. The predicted octanol–water partition coefficient (Wildman–Crippen LogP) is 4.74. The van der Waals surface area contributed by atoms with Gasteiger partial charge in [0.05, 0.1) is 18.4 Å². The van der Waals surface area contributed by atoms with Crippen molar-refractivity contribution < 1.29 is 19.2 Å². The molecule has 0 saturated carbocycles. The molecule has 0 aliphatic carbocycles. The average molecular weight is 342 g/mol. The number of amides is 2. The molecule has 2 aromatic carbocycles. The van der Waals surface area contributed by atoms with E-state index in [0.717, 1.165) is 5.06 Å². The van der Waals surface area contributed by atoms with Gasteiger partial charge in [-0.25, -0.2) is 14.5 Å². The van der Waals surface area contributed by atoms with Crippen LogP contribution in [-0.4, -0.2) is 29.9 Å². The Morgan fingerprint density at radius 3 is 1.64 bits per heavy atom. The highest BCUT2D eigenvalue weighted by molar-refractivity contribution is 5.96. The minimum atomic E-state index is -0.748. The molecule has 0 aliphatic rings. The molecule has 0 heterocycles. The van der Waals surface area contributed by atoms with Crippen molar-refractivity contribution in [1.82, 2.24) is 5.06 Å². The number of carbonyl (C=O) groups is 2. The standard InChI is InChI=1S/C19H22N2O4/c1-19(2,3)24-17(22)20(4)25-18(23)21(15-11-7-5-8-12-15)16-13-9-6-10-14-16/h5-14H,1-4H3. The van der Waals surface area contributed by atoms with Crippen molar-refractivity contribution >= 4 is 23.6 Å². The Labute approximate surface area is 147 Å². The SMILES string of the molecule is CN(OC(=O)N(c1ccccc1)c1ccccc1)C(=O)OC(C)(C)C. The van der Waals surface area contributed by atoms with Gasteiger partial charge in [-0.15, -0.1) is 5.06 Å². The minimum absolute atomic E-state index is 0.622. The van der Waals surface area contributed by atoms with Crippen LogP contribution in [0.5, 0.6) is 0 Å². The van der Waals surface area contributed by atoms with Crippen LogP contribution in [0.2, 0.25) is 0 Å². The largest absolute Gasteiger partial charge is 0.443 e. The van der Waals surface area contributed by atoms with E-state index in [9.17, 15) is 9.59 Å². The molecular formula is C19H22N2O4. The Bertz CT molecular complexity index is 672. The second-order valence-corrected chi connectivity index (χ2v) is 6.34. The molecule has 0 aliphatic heterocycles. The van der Waals surface area contributed by atoms with Crippen LogP contribution in [0.1, 0.15) is 20.8 Å². The van der Waals surface area contributed by atoms with Crippen molar-refractivity contribution in [3.8, 4) is 0 Å². The lowest BCUT2D eigenvalue weighted by molar-refractivity contribution is -0.0814. The van der Waals surface area contributed by atoms with Gasteiger partial charge in [0, 0.05) is 0 Å². The van der Waals surface area contributed by atoms with Crippen LogP contribution < -0.4 is 4.90 Å². The average Bonchev–Trinajstić information content (AvgIpc) is 2.55. The Hall–Kier alpha value is -3.02. The minimum Gasteiger partial charge on any atom is -0.442 e. The number of hydrogen-bond acceptors (Lipinski definition) is 4. The summed E-state index contributed by atoms with van der Waals surface area (Å²) in [5, 5.41) is 0.784. The second kappa shape index (κ2) is 7.70. The third kappa shape index (κ3) is 5.24. The molecule has 0 aromatic heterocycles. The van der Waals surface area contributed by atoms with Crippen LogP contribution in [0.25, 0.3) is 0 Å². The number of para-hydroxylation sites is 2. The molecule has 0 unspecified atom stereocenters. The van der Waals surface area contributed by atoms with E-state index >= 15 is 0 Å². The number of benzene rings is 2. The molecule has 6 heteroatoms. The summed E-state index contributed by atoms with van der Waals surface area (Å²) < 4.78 is 5.18. The molecule has 25 heavy (non-hydrogen) atoms. The molecule has 0 fully saturated rings. The Balaban J connectivity index is 2.21. The molecule has 0 radical (unpaired) electrons. The van der Waals surface area contributed by atoms with Crippen LogP contribution in [0.4, 0.5) is 21.0 Å². The summed E-state index contributed by atoms with van der Waals surface area (Å²) in [6.07, 6.45) is -1.47. The number of hydroxylamine groups is 2. The highest BCUT2D eigenvalue weighted by Crippen LogP contribution is 2.26. The molecule has 0 N–H and O–H groups in total. The second-order valence-electron chi connectivity index (χ2n) is 6.34.